The van der Waals surface area contributed by atoms with Crippen molar-refractivity contribution < 1.29 is 9.90 Å². The van der Waals surface area contributed by atoms with Crippen molar-refractivity contribution in [2.75, 3.05) is 18.0 Å². The van der Waals surface area contributed by atoms with Crippen LogP contribution in [0.15, 0.2) is 30.6 Å². The predicted molar refractivity (Wildman–Crippen MR) is 76.7 cm³/mol. The predicted octanol–water partition coefficient (Wildman–Crippen LogP) is 2.32. The van der Waals surface area contributed by atoms with Crippen molar-refractivity contribution in [3.63, 3.8) is 0 Å². The van der Waals surface area contributed by atoms with Crippen molar-refractivity contribution in [2.45, 2.75) is 19.3 Å². The molecule has 0 radical (unpaired) electrons. The second-order valence-electron chi connectivity index (χ2n) is 5.25. The maximum absolute atomic E-state index is 10.6. The molecule has 1 aliphatic heterocycles. The fraction of sp³-hybridized carbons (Fsp3) is 0.400. The zero-order chi connectivity index (χ0) is 13.9. The van der Waals surface area contributed by atoms with Crippen LogP contribution in [0, 0.1) is 5.92 Å². The van der Waals surface area contributed by atoms with Gasteiger partial charge in [0.25, 0.3) is 0 Å². The van der Waals surface area contributed by atoms with Crippen LogP contribution in [0.5, 0.6) is 0 Å². The monoisotopic (exact) mass is 271 g/mol. The van der Waals surface area contributed by atoms with E-state index in [1.165, 1.54) is 0 Å². The van der Waals surface area contributed by atoms with E-state index in [0.717, 1.165) is 42.7 Å². The largest absolute Gasteiger partial charge is 0.481 e. The Morgan fingerprint density at radius 2 is 2.20 bits per heavy atom. The van der Waals surface area contributed by atoms with Gasteiger partial charge in [0.2, 0.25) is 0 Å². The lowest BCUT2D eigenvalue weighted by molar-refractivity contribution is -0.137. The molecule has 1 aromatic heterocycles. The first kappa shape index (κ1) is 12.8. The highest BCUT2D eigenvalue weighted by Gasteiger charge is 2.25. The zero-order valence-corrected chi connectivity index (χ0v) is 11.2. The Morgan fingerprint density at radius 3 is 3.05 bits per heavy atom. The van der Waals surface area contributed by atoms with E-state index >= 15 is 0 Å². The van der Waals surface area contributed by atoms with Crippen molar-refractivity contribution in [1.82, 2.24) is 9.97 Å². The number of carboxylic acids is 1. The molecule has 1 N–H and O–H groups in total. The summed E-state index contributed by atoms with van der Waals surface area (Å²) in [6.45, 7) is 1.82. The summed E-state index contributed by atoms with van der Waals surface area (Å²) in [6, 6.07) is 7.99. The summed E-state index contributed by atoms with van der Waals surface area (Å²) in [5, 5.41) is 9.83. The molecule has 1 aromatic carbocycles. The summed E-state index contributed by atoms with van der Waals surface area (Å²) in [5.41, 5.74) is 0.950. The van der Waals surface area contributed by atoms with Crippen LogP contribution in [0.2, 0.25) is 0 Å². The van der Waals surface area contributed by atoms with Gasteiger partial charge in [0.1, 0.15) is 12.1 Å². The first-order valence-electron chi connectivity index (χ1n) is 6.90. The molecule has 0 bridgehead atoms. The number of aromatic nitrogens is 2. The lowest BCUT2D eigenvalue weighted by atomic mass is 10.0. The summed E-state index contributed by atoms with van der Waals surface area (Å²) in [7, 11) is 0. The lowest BCUT2D eigenvalue weighted by Gasteiger charge is -2.18. The Labute approximate surface area is 117 Å². The molecule has 0 saturated carbocycles. The maximum atomic E-state index is 10.6. The van der Waals surface area contributed by atoms with E-state index < -0.39 is 5.97 Å². The average molecular weight is 271 g/mol. The summed E-state index contributed by atoms with van der Waals surface area (Å²) >= 11 is 0. The number of aliphatic carboxylic acids is 1. The molecule has 2 aromatic rings. The second kappa shape index (κ2) is 5.45. The summed E-state index contributed by atoms with van der Waals surface area (Å²) in [4.78, 5) is 21.6. The van der Waals surface area contributed by atoms with E-state index in [0.29, 0.717) is 5.92 Å². The summed E-state index contributed by atoms with van der Waals surface area (Å²) < 4.78 is 0. The van der Waals surface area contributed by atoms with Gasteiger partial charge in [-0.3, -0.25) is 4.79 Å². The summed E-state index contributed by atoms with van der Waals surface area (Å²) in [6.07, 6.45) is 3.63. The van der Waals surface area contributed by atoms with Crippen molar-refractivity contribution >= 4 is 22.7 Å². The smallest absolute Gasteiger partial charge is 0.303 e. The Balaban J connectivity index is 1.78. The Bertz CT molecular complexity index is 624. The van der Waals surface area contributed by atoms with Gasteiger partial charge in [0.15, 0.2) is 0 Å². The van der Waals surface area contributed by atoms with Crippen LogP contribution in [-0.4, -0.2) is 34.1 Å². The molecule has 1 unspecified atom stereocenters. The molecular formula is C15H17N3O2. The third kappa shape index (κ3) is 2.57. The third-order valence-electron chi connectivity index (χ3n) is 3.87. The van der Waals surface area contributed by atoms with Crippen LogP contribution in [0.25, 0.3) is 10.9 Å². The van der Waals surface area contributed by atoms with E-state index in [2.05, 4.69) is 14.9 Å². The number of fused-ring (bicyclic) bond motifs is 1. The van der Waals surface area contributed by atoms with Crippen LogP contribution in [0.3, 0.4) is 0 Å². The fourth-order valence-corrected chi connectivity index (χ4v) is 2.83. The molecule has 1 saturated heterocycles. The van der Waals surface area contributed by atoms with E-state index in [1.54, 1.807) is 6.33 Å². The molecule has 1 aliphatic rings. The molecule has 0 amide bonds. The molecular weight excluding hydrogens is 254 g/mol. The van der Waals surface area contributed by atoms with Crippen LogP contribution in [-0.2, 0) is 4.79 Å². The number of benzene rings is 1. The first-order valence-corrected chi connectivity index (χ1v) is 6.90. The highest BCUT2D eigenvalue weighted by Crippen LogP contribution is 2.29. The number of hydrogen-bond donors (Lipinski definition) is 1. The molecule has 0 spiro atoms. The molecule has 5 nitrogen and oxygen atoms in total. The van der Waals surface area contributed by atoms with E-state index in [1.807, 2.05) is 24.3 Å². The fourth-order valence-electron chi connectivity index (χ4n) is 2.83. The Hall–Kier alpha value is -2.17. The number of carbonyl (C=O) groups is 1. The molecule has 2 heterocycles. The van der Waals surface area contributed by atoms with Gasteiger partial charge < -0.3 is 10.0 Å². The Morgan fingerprint density at radius 1 is 1.35 bits per heavy atom. The Kier molecular flexibility index (Phi) is 3.50. The van der Waals surface area contributed by atoms with Gasteiger partial charge in [-0.15, -0.1) is 0 Å². The number of anilines is 1. The molecule has 104 valence electrons. The third-order valence-corrected chi connectivity index (χ3v) is 3.87. The first-order chi connectivity index (χ1) is 9.74. The minimum absolute atomic E-state index is 0.253. The van der Waals surface area contributed by atoms with Crippen molar-refractivity contribution in [2.24, 2.45) is 5.92 Å². The maximum Gasteiger partial charge on any atom is 0.303 e. The van der Waals surface area contributed by atoms with Crippen LogP contribution in [0.1, 0.15) is 19.3 Å². The summed E-state index contributed by atoms with van der Waals surface area (Å²) in [5.74, 6) is 0.698. The van der Waals surface area contributed by atoms with E-state index in [-0.39, 0.29) is 6.42 Å². The molecule has 1 atom stereocenters. The van der Waals surface area contributed by atoms with Crippen molar-refractivity contribution in [1.29, 1.82) is 0 Å². The van der Waals surface area contributed by atoms with Crippen LogP contribution >= 0.6 is 0 Å². The number of para-hydroxylation sites is 1. The molecule has 3 rings (SSSR count). The normalized spacial score (nSPS) is 18.6. The molecule has 1 fully saturated rings. The van der Waals surface area contributed by atoms with Gasteiger partial charge in [-0.05, 0) is 30.9 Å². The van der Waals surface area contributed by atoms with Gasteiger partial charge in [0, 0.05) is 24.9 Å². The highest BCUT2D eigenvalue weighted by molar-refractivity contribution is 5.89. The van der Waals surface area contributed by atoms with Crippen molar-refractivity contribution in [3.8, 4) is 0 Å². The standard InChI is InChI=1S/C15H17N3O2/c19-14(20)6-5-11-7-8-18(9-11)15-12-3-1-2-4-13(12)16-10-17-15/h1-4,10-11H,5-9H2,(H,19,20). The van der Waals surface area contributed by atoms with Gasteiger partial charge >= 0.3 is 5.97 Å². The molecule has 20 heavy (non-hydrogen) atoms. The van der Waals surface area contributed by atoms with Gasteiger partial charge in [0.05, 0.1) is 5.52 Å². The number of rotatable bonds is 4. The van der Waals surface area contributed by atoms with Crippen molar-refractivity contribution in [3.05, 3.63) is 30.6 Å². The van der Waals surface area contributed by atoms with Gasteiger partial charge in [-0.1, -0.05) is 12.1 Å². The minimum atomic E-state index is -0.712. The number of carboxylic acid groups (broad SMARTS) is 1. The zero-order valence-electron chi connectivity index (χ0n) is 11.2. The van der Waals surface area contributed by atoms with Gasteiger partial charge in [-0.25, -0.2) is 9.97 Å². The minimum Gasteiger partial charge on any atom is -0.481 e. The quantitative estimate of drug-likeness (QED) is 0.924. The van der Waals surface area contributed by atoms with Crippen LogP contribution in [0.4, 0.5) is 5.82 Å². The highest BCUT2D eigenvalue weighted by atomic mass is 16.4. The van der Waals surface area contributed by atoms with E-state index in [9.17, 15) is 4.79 Å². The lowest BCUT2D eigenvalue weighted by Crippen LogP contribution is -2.21. The van der Waals surface area contributed by atoms with Gasteiger partial charge in [-0.2, -0.15) is 0 Å². The topological polar surface area (TPSA) is 66.3 Å². The number of hydrogen-bond acceptors (Lipinski definition) is 4. The van der Waals surface area contributed by atoms with Crippen LogP contribution < -0.4 is 4.90 Å². The molecule has 5 heteroatoms. The molecule has 0 aliphatic carbocycles. The second-order valence-corrected chi connectivity index (χ2v) is 5.25. The average Bonchev–Trinajstić information content (AvgIpc) is 2.93. The SMILES string of the molecule is O=C(O)CCC1CCN(c2ncnc3ccccc23)C1. The number of nitrogens with zero attached hydrogens (tertiary/aromatic N) is 3. The van der Waals surface area contributed by atoms with E-state index in [4.69, 9.17) is 5.11 Å².